The largest absolute Gasteiger partial charge is 0.443 e. The average molecular weight is 789 g/mol. The third kappa shape index (κ3) is 12.6. The standard InChI is InChI=1S/C45H52N6O7/c1-29(2)39(50-44(55)57-27-34-20-10-12-23-46-34)42(53)48-37(25-31-15-6-5-7-16-31)41(52)38(26-33-19-14-18-32-17-8-9-22-36(32)33)49-43(54)40(30(3)4)51-45(56)58-28-35-21-11-13-24-47-35/h5-24,29-30,37-41,52H,25-28H2,1-4H3,(H,48,53)(H,49,54)(H,50,55)(H,51,56)/t37?,38-,39+,40+,41?/m1/s1. The van der Waals surface area contributed by atoms with Gasteiger partial charge in [0.25, 0.3) is 0 Å². The second-order valence-electron chi connectivity index (χ2n) is 14.8. The number of nitrogens with zero attached hydrogens (tertiary/aromatic N) is 2. The highest BCUT2D eigenvalue weighted by atomic mass is 16.6. The highest BCUT2D eigenvalue weighted by molar-refractivity contribution is 5.88. The summed E-state index contributed by atoms with van der Waals surface area (Å²) in [6.45, 7) is 6.98. The van der Waals surface area contributed by atoms with Crippen LogP contribution >= 0.6 is 0 Å². The number of ether oxygens (including phenoxy) is 2. The minimum absolute atomic E-state index is 0.0851. The lowest BCUT2D eigenvalue weighted by molar-refractivity contribution is -0.126. The van der Waals surface area contributed by atoms with Gasteiger partial charge < -0.3 is 35.8 Å². The second-order valence-corrected chi connectivity index (χ2v) is 14.8. The molecule has 13 heteroatoms. The van der Waals surface area contributed by atoms with E-state index in [0.29, 0.717) is 11.4 Å². The van der Waals surface area contributed by atoms with Crippen molar-refractivity contribution in [3.8, 4) is 0 Å². The van der Waals surface area contributed by atoms with Crippen LogP contribution in [0, 0.1) is 11.8 Å². The summed E-state index contributed by atoms with van der Waals surface area (Å²) in [7, 11) is 0. The molecule has 5 atom stereocenters. The number of aromatic nitrogens is 2. The van der Waals surface area contributed by atoms with Gasteiger partial charge in [-0.3, -0.25) is 19.6 Å². The topological polar surface area (TPSA) is 181 Å². The molecule has 0 fully saturated rings. The molecular formula is C45H52N6O7. The van der Waals surface area contributed by atoms with E-state index >= 15 is 0 Å². The molecule has 5 N–H and O–H groups in total. The number of pyridine rings is 2. The first-order valence-corrected chi connectivity index (χ1v) is 19.4. The van der Waals surface area contributed by atoms with Gasteiger partial charge in [-0.05, 0) is 70.8 Å². The van der Waals surface area contributed by atoms with E-state index in [2.05, 4.69) is 31.2 Å². The number of fused-ring (bicyclic) bond motifs is 1. The number of aliphatic hydroxyl groups excluding tert-OH is 1. The SMILES string of the molecule is CC(C)[C@H](NC(=O)OCc1ccccn1)C(=O)NC(Cc1ccccc1)C(O)[C@@H](Cc1cccc2ccccc12)NC(=O)[C@@H](NC(=O)OCc1ccccn1)C(C)C. The van der Waals surface area contributed by atoms with Crippen molar-refractivity contribution in [2.45, 2.75) is 84.0 Å². The maximum Gasteiger partial charge on any atom is 0.408 e. The Balaban J connectivity index is 1.40. The number of alkyl carbamates (subject to hydrolysis) is 2. The Morgan fingerprint density at radius 3 is 1.57 bits per heavy atom. The molecule has 0 bridgehead atoms. The lowest BCUT2D eigenvalue weighted by Crippen LogP contribution is -2.61. The molecule has 5 rings (SSSR count). The number of aliphatic hydroxyl groups is 1. The van der Waals surface area contributed by atoms with E-state index in [4.69, 9.17) is 9.47 Å². The minimum atomic E-state index is -1.36. The average Bonchev–Trinajstić information content (AvgIpc) is 3.23. The van der Waals surface area contributed by atoms with Crippen molar-refractivity contribution in [1.82, 2.24) is 31.2 Å². The number of carbonyl (C=O) groups excluding carboxylic acids is 4. The van der Waals surface area contributed by atoms with Crippen LogP contribution in [0.1, 0.15) is 50.2 Å². The molecule has 2 aromatic heterocycles. The third-order valence-electron chi connectivity index (χ3n) is 9.70. The summed E-state index contributed by atoms with van der Waals surface area (Å²) in [5, 5.41) is 25.7. The Bertz CT molecular complexity index is 2080. The molecule has 5 aromatic rings. The van der Waals surface area contributed by atoms with E-state index in [1.54, 1.807) is 76.5 Å². The smallest absolute Gasteiger partial charge is 0.408 e. The summed E-state index contributed by atoms with van der Waals surface area (Å²) in [5.41, 5.74) is 2.77. The molecule has 0 saturated carbocycles. The molecule has 0 saturated heterocycles. The van der Waals surface area contributed by atoms with Gasteiger partial charge in [-0.15, -0.1) is 0 Å². The van der Waals surface area contributed by atoms with Crippen molar-refractivity contribution >= 4 is 34.8 Å². The molecule has 58 heavy (non-hydrogen) atoms. The van der Waals surface area contributed by atoms with Crippen molar-refractivity contribution in [1.29, 1.82) is 0 Å². The summed E-state index contributed by atoms with van der Waals surface area (Å²) in [5.74, 6) is -1.82. The Hall–Kier alpha value is -6.34. The van der Waals surface area contributed by atoms with Gasteiger partial charge in [0.2, 0.25) is 11.8 Å². The van der Waals surface area contributed by atoms with Crippen molar-refractivity contribution < 1.29 is 33.8 Å². The molecule has 3 aromatic carbocycles. The van der Waals surface area contributed by atoms with Crippen molar-refractivity contribution in [3.05, 3.63) is 144 Å². The number of benzene rings is 3. The van der Waals surface area contributed by atoms with Crippen molar-refractivity contribution in [3.63, 3.8) is 0 Å². The van der Waals surface area contributed by atoms with Crippen LogP contribution in [0.2, 0.25) is 0 Å². The highest BCUT2D eigenvalue weighted by Crippen LogP contribution is 2.22. The fourth-order valence-electron chi connectivity index (χ4n) is 6.57. The van der Waals surface area contributed by atoms with Gasteiger partial charge >= 0.3 is 12.2 Å². The predicted octanol–water partition coefficient (Wildman–Crippen LogP) is 5.65. The molecule has 0 aliphatic carbocycles. The Labute approximate surface area is 339 Å². The van der Waals surface area contributed by atoms with E-state index < -0.39 is 54.3 Å². The molecule has 2 heterocycles. The normalized spacial score (nSPS) is 13.8. The van der Waals surface area contributed by atoms with Crippen molar-refractivity contribution in [2.24, 2.45) is 11.8 Å². The van der Waals surface area contributed by atoms with Gasteiger partial charge in [0.05, 0.1) is 29.6 Å². The fourth-order valence-corrected chi connectivity index (χ4v) is 6.57. The van der Waals surface area contributed by atoms with Crippen LogP contribution in [0.3, 0.4) is 0 Å². The quantitative estimate of drug-likeness (QED) is 0.0750. The lowest BCUT2D eigenvalue weighted by atomic mass is 9.89. The van der Waals surface area contributed by atoms with E-state index in [0.717, 1.165) is 21.9 Å². The lowest BCUT2D eigenvalue weighted by Gasteiger charge is -2.34. The monoisotopic (exact) mass is 788 g/mol. The van der Waals surface area contributed by atoms with Crippen LogP contribution < -0.4 is 21.3 Å². The first kappa shape index (κ1) is 42.8. The minimum Gasteiger partial charge on any atom is -0.443 e. The van der Waals surface area contributed by atoms with Crippen LogP contribution in [0.5, 0.6) is 0 Å². The van der Waals surface area contributed by atoms with E-state index in [1.165, 1.54) is 0 Å². The zero-order chi connectivity index (χ0) is 41.4. The van der Waals surface area contributed by atoms with Gasteiger partial charge in [-0.25, -0.2) is 9.59 Å². The van der Waals surface area contributed by atoms with Gasteiger partial charge in [0, 0.05) is 12.4 Å². The van der Waals surface area contributed by atoms with Crippen LogP contribution in [0.4, 0.5) is 9.59 Å². The molecule has 4 amide bonds. The third-order valence-corrected chi connectivity index (χ3v) is 9.70. The maximum absolute atomic E-state index is 14.2. The van der Waals surface area contributed by atoms with Gasteiger partial charge in [-0.2, -0.15) is 0 Å². The number of rotatable bonds is 18. The molecule has 0 aliphatic heterocycles. The van der Waals surface area contributed by atoms with E-state index in [-0.39, 0.29) is 37.9 Å². The van der Waals surface area contributed by atoms with Gasteiger partial charge in [0.15, 0.2) is 0 Å². The number of hydrogen-bond acceptors (Lipinski definition) is 9. The van der Waals surface area contributed by atoms with Crippen LogP contribution in [0.25, 0.3) is 10.8 Å². The zero-order valence-electron chi connectivity index (χ0n) is 33.2. The number of carbonyl (C=O) groups is 4. The summed E-state index contributed by atoms with van der Waals surface area (Å²) in [6.07, 6.45) is 0.589. The second kappa shape index (κ2) is 21.3. The van der Waals surface area contributed by atoms with Gasteiger partial charge in [0.1, 0.15) is 25.3 Å². The highest BCUT2D eigenvalue weighted by Gasteiger charge is 2.36. The molecule has 0 aliphatic rings. The molecule has 0 radical (unpaired) electrons. The Morgan fingerprint density at radius 2 is 1.05 bits per heavy atom. The number of hydrogen-bond donors (Lipinski definition) is 5. The van der Waals surface area contributed by atoms with E-state index in [9.17, 15) is 24.3 Å². The van der Waals surface area contributed by atoms with E-state index in [1.807, 2.05) is 72.8 Å². The summed E-state index contributed by atoms with van der Waals surface area (Å²) < 4.78 is 10.7. The summed E-state index contributed by atoms with van der Waals surface area (Å²) >= 11 is 0. The molecule has 2 unspecified atom stereocenters. The Kier molecular flexibility index (Phi) is 15.7. The maximum atomic E-state index is 14.2. The molecule has 0 spiro atoms. The van der Waals surface area contributed by atoms with Gasteiger partial charge in [-0.1, -0.05) is 113 Å². The predicted molar refractivity (Wildman–Crippen MR) is 220 cm³/mol. The van der Waals surface area contributed by atoms with Crippen molar-refractivity contribution in [2.75, 3.05) is 0 Å². The summed E-state index contributed by atoms with van der Waals surface area (Å²) in [6, 6.07) is 29.5. The van der Waals surface area contributed by atoms with Crippen LogP contribution in [0.15, 0.2) is 122 Å². The Morgan fingerprint density at radius 1 is 0.569 bits per heavy atom. The molecular weight excluding hydrogens is 737 g/mol. The van der Waals surface area contributed by atoms with Crippen LogP contribution in [-0.4, -0.2) is 69.3 Å². The molecule has 304 valence electrons. The fraction of sp³-hybridized carbons (Fsp3) is 0.333. The first-order valence-electron chi connectivity index (χ1n) is 19.4. The van der Waals surface area contributed by atoms with Crippen LogP contribution in [-0.2, 0) is 45.1 Å². The molecule has 13 nitrogen and oxygen atoms in total. The number of amides is 4. The number of nitrogens with one attached hydrogen (secondary N) is 4. The summed E-state index contributed by atoms with van der Waals surface area (Å²) in [4.78, 5) is 62.5. The zero-order valence-corrected chi connectivity index (χ0v) is 33.2. The first-order chi connectivity index (χ1) is 28.0.